The molecule has 0 spiro atoms. The van der Waals surface area contributed by atoms with Gasteiger partial charge in [0.2, 0.25) is 0 Å². The number of phenols is 1. The summed E-state index contributed by atoms with van der Waals surface area (Å²) in [5, 5.41) is 9.04. The van der Waals surface area contributed by atoms with E-state index in [0.29, 0.717) is 0 Å². The number of halogens is 2. The molecule has 14 heavy (non-hydrogen) atoms. The summed E-state index contributed by atoms with van der Waals surface area (Å²) in [4.78, 5) is 11.4. The first-order valence-corrected chi connectivity index (χ1v) is 4.29. The predicted molar refractivity (Wildman–Crippen MR) is 51.1 cm³/mol. The lowest BCUT2D eigenvalue weighted by molar-refractivity contribution is 0.0965. The number of ketones is 1. The number of phenolic OH excluding ortho intramolecular Hbond substituents is 1. The Bertz CT molecular complexity index is 379. The normalized spacial score (nSPS) is 12.6. The van der Waals surface area contributed by atoms with E-state index in [1.54, 1.807) is 0 Å². The molecule has 0 radical (unpaired) electrons. The van der Waals surface area contributed by atoms with E-state index in [1.807, 2.05) is 0 Å². The molecular formula is C9H9ClFNO2. The molecule has 0 aromatic heterocycles. The SMILES string of the molecule is CC(N)C(=O)c1cc(Cl)c(F)cc1O. The van der Waals surface area contributed by atoms with Crippen molar-refractivity contribution < 1.29 is 14.3 Å². The highest BCUT2D eigenvalue weighted by molar-refractivity contribution is 6.31. The number of rotatable bonds is 2. The first kappa shape index (κ1) is 10.9. The second kappa shape index (κ2) is 3.94. The van der Waals surface area contributed by atoms with Crippen molar-refractivity contribution in [3.8, 4) is 5.75 Å². The van der Waals surface area contributed by atoms with Crippen LogP contribution >= 0.6 is 11.6 Å². The number of carbonyl (C=O) groups excluding carboxylic acids is 1. The van der Waals surface area contributed by atoms with Crippen LogP contribution in [0, 0.1) is 5.82 Å². The van der Waals surface area contributed by atoms with Crippen molar-refractivity contribution in [1.29, 1.82) is 0 Å². The summed E-state index contributed by atoms with van der Waals surface area (Å²) in [7, 11) is 0. The van der Waals surface area contributed by atoms with E-state index in [9.17, 15) is 14.3 Å². The van der Waals surface area contributed by atoms with Gasteiger partial charge >= 0.3 is 0 Å². The third kappa shape index (κ3) is 2.02. The smallest absolute Gasteiger partial charge is 0.182 e. The molecule has 0 bridgehead atoms. The highest BCUT2D eigenvalue weighted by Crippen LogP contribution is 2.25. The maximum atomic E-state index is 12.8. The second-order valence-electron chi connectivity index (χ2n) is 2.94. The lowest BCUT2D eigenvalue weighted by Crippen LogP contribution is -2.26. The molecule has 3 nitrogen and oxygen atoms in total. The van der Waals surface area contributed by atoms with Crippen LogP contribution in [-0.4, -0.2) is 16.9 Å². The van der Waals surface area contributed by atoms with Crippen LogP contribution in [0.4, 0.5) is 4.39 Å². The van der Waals surface area contributed by atoms with E-state index >= 15 is 0 Å². The molecule has 5 heteroatoms. The molecule has 1 aromatic rings. The summed E-state index contributed by atoms with van der Waals surface area (Å²) in [5.41, 5.74) is 5.26. The second-order valence-corrected chi connectivity index (χ2v) is 3.34. The van der Waals surface area contributed by atoms with Crippen molar-refractivity contribution in [2.45, 2.75) is 13.0 Å². The van der Waals surface area contributed by atoms with Gasteiger partial charge in [-0.05, 0) is 13.0 Å². The largest absolute Gasteiger partial charge is 0.507 e. The average molecular weight is 218 g/mol. The van der Waals surface area contributed by atoms with Gasteiger partial charge in [0, 0.05) is 6.07 Å². The lowest BCUT2D eigenvalue weighted by atomic mass is 10.1. The molecule has 1 rings (SSSR count). The Morgan fingerprint density at radius 3 is 2.71 bits per heavy atom. The van der Waals surface area contributed by atoms with Crippen LogP contribution in [0.1, 0.15) is 17.3 Å². The van der Waals surface area contributed by atoms with Crippen LogP contribution in [0.2, 0.25) is 5.02 Å². The molecular weight excluding hydrogens is 209 g/mol. The van der Waals surface area contributed by atoms with Crippen molar-refractivity contribution in [2.75, 3.05) is 0 Å². The van der Waals surface area contributed by atoms with Gasteiger partial charge in [-0.1, -0.05) is 11.6 Å². The van der Waals surface area contributed by atoms with E-state index in [2.05, 4.69) is 0 Å². The van der Waals surface area contributed by atoms with E-state index < -0.39 is 23.4 Å². The van der Waals surface area contributed by atoms with Crippen LogP contribution in [0.15, 0.2) is 12.1 Å². The number of aromatic hydroxyl groups is 1. The number of hydrogen-bond donors (Lipinski definition) is 2. The Balaban J connectivity index is 3.22. The molecule has 0 fully saturated rings. The summed E-state index contributed by atoms with van der Waals surface area (Å²) < 4.78 is 12.8. The number of benzene rings is 1. The van der Waals surface area contributed by atoms with E-state index in [-0.39, 0.29) is 10.6 Å². The zero-order valence-electron chi connectivity index (χ0n) is 7.42. The summed E-state index contributed by atoms with van der Waals surface area (Å²) in [6.07, 6.45) is 0. The van der Waals surface area contributed by atoms with E-state index in [1.165, 1.54) is 6.92 Å². The minimum atomic E-state index is -0.773. The van der Waals surface area contributed by atoms with Crippen molar-refractivity contribution in [2.24, 2.45) is 5.73 Å². The van der Waals surface area contributed by atoms with Crippen molar-refractivity contribution in [1.82, 2.24) is 0 Å². The predicted octanol–water partition coefficient (Wildman–Crippen LogP) is 1.71. The number of carbonyl (C=O) groups is 1. The third-order valence-electron chi connectivity index (χ3n) is 1.72. The first-order valence-electron chi connectivity index (χ1n) is 3.91. The van der Waals surface area contributed by atoms with Gasteiger partial charge in [0.05, 0.1) is 16.6 Å². The zero-order chi connectivity index (χ0) is 10.9. The number of hydrogen-bond acceptors (Lipinski definition) is 3. The molecule has 1 atom stereocenters. The van der Waals surface area contributed by atoms with Crippen LogP contribution in [-0.2, 0) is 0 Å². The fraction of sp³-hybridized carbons (Fsp3) is 0.222. The van der Waals surface area contributed by atoms with Gasteiger partial charge in [-0.25, -0.2) is 4.39 Å². The van der Waals surface area contributed by atoms with Crippen molar-refractivity contribution in [3.63, 3.8) is 0 Å². The fourth-order valence-electron chi connectivity index (χ4n) is 0.979. The molecule has 0 aliphatic carbocycles. The van der Waals surface area contributed by atoms with Crippen molar-refractivity contribution >= 4 is 17.4 Å². The van der Waals surface area contributed by atoms with Gasteiger partial charge in [-0.3, -0.25) is 4.79 Å². The van der Waals surface area contributed by atoms with E-state index in [4.69, 9.17) is 17.3 Å². The van der Waals surface area contributed by atoms with Gasteiger partial charge in [0.1, 0.15) is 11.6 Å². The van der Waals surface area contributed by atoms with Crippen LogP contribution in [0.3, 0.4) is 0 Å². The minimum absolute atomic E-state index is 0.0635. The first-order chi connectivity index (χ1) is 6.43. The van der Waals surface area contributed by atoms with Gasteiger partial charge < -0.3 is 10.8 Å². The highest BCUT2D eigenvalue weighted by atomic mass is 35.5. The summed E-state index contributed by atoms with van der Waals surface area (Å²) in [6.45, 7) is 1.47. The van der Waals surface area contributed by atoms with Gasteiger partial charge in [0.25, 0.3) is 0 Å². The third-order valence-corrected chi connectivity index (χ3v) is 2.01. The lowest BCUT2D eigenvalue weighted by Gasteiger charge is -2.07. The van der Waals surface area contributed by atoms with Crippen molar-refractivity contribution in [3.05, 3.63) is 28.5 Å². The molecule has 3 N–H and O–H groups in total. The molecule has 1 unspecified atom stereocenters. The minimum Gasteiger partial charge on any atom is -0.507 e. The maximum Gasteiger partial charge on any atom is 0.182 e. The standard InChI is InChI=1S/C9H9ClFNO2/c1-4(12)9(14)5-2-6(10)7(11)3-8(5)13/h2-4,13H,12H2,1H3. The Kier molecular flexibility index (Phi) is 3.08. The topological polar surface area (TPSA) is 63.3 Å². The molecule has 1 aromatic carbocycles. The van der Waals surface area contributed by atoms with Crippen LogP contribution in [0.5, 0.6) is 5.75 Å². The quantitative estimate of drug-likeness (QED) is 0.742. The summed E-state index contributed by atoms with van der Waals surface area (Å²) in [5.74, 6) is -1.70. The molecule has 0 saturated heterocycles. The maximum absolute atomic E-state index is 12.8. The monoisotopic (exact) mass is 217 g/mol. The van der Waals surface area contributed by atoms with Gasteiger partial charge in [-0.2, -0.15) is 0 Å². The fourth-order valence-corrected chi connectivity index (χ4v) is 1.14. The number of Topliss-reactive ketones (excluding diaryl/α,β-unsaturated/α-hetero) is 1. The summed E-state index contributed by atoms with van der Waals surface area (Å²) in [6, 6.07) is 1.10. The Morgan fingerprint density at radius 1 is 1.64 bits per heavy atom. The Labute approximate surface area is 85.3 Å². The molecule has 0 aliphatic heterocycles. The number of nitrogens with two attached hydrogens (primary N) is 1. The molecule has 76 valence electrons. The summed E-state index contributed by atoms with van der Waals surface area (Å²) >= 11 is 5.46. The molecule has 0 saturated carbocycles. The van der Waals surface area contributed by atoms with Gasteiger partial charge in [-0.15, -0.1) is 0 Å². The Morgan fingerprint density at radius 2 is 2.21 bits per heavy atom. The molecule has 0 heterocycles. The van der Waals surface area contributed by atoms with Crippen LogP contribution < -0.4 is 5.73 Å². The van der Waals surface area contributed by atoms with Crippen LogP contribution in [0.25, 0.3) is 0 Å². The Hall–Kier alpha value is -1.13. The highest BCUT2D eigenvalue weighted by Gasteiger charge is 2.17. The van der Waals surface area contributed by atoms with E-state index in [0.717, 1.165) is 12.1 Å². The average Bonchev–Trinajstić information content (AvgIpc) is 2.10. The van der Waals surface area contributed by atoms with Gasteiger partial charge in [0.15, 0.2) is 5.78 Å². The molecule has 0 aliphatic rings. The molecule has 0 amide bonds. The zero-order valence-corrected chi connectivity index (χ0v) is 8.18.